The number of carbonyl (C=O) groups is 1. The van der Waals surface area contributed by atoms with Crippen LogP contribution in [0.5, 0.6) is 0 Å². The first-order valence-corrected chi connectivity index (χ1v) is 11.2. The zero-order chi connectivity index (χ0) is 20.0. The molecule has 0 unspecified atom stereocenters. The van der Waals surface area contributed by atoms with Crippen LogP contribution in [0.3, 0.4) is 0 Å². The van der Waals surface area contributed by atoms with Crippen molar-refractivity contribution in [2.24, 2.45) is 0 Å². The highest BCUT2D eigenvalue weighted by Crippen LogP contribution is 2.26. The second-order valence-electron chi connectivity index (χ2n) is 7.25. The molecule has 1 aromatic carbocycles. The molecule has 3 rings (SSSR count). The van der Waals surface area contributed by atoms with Gasteiger partial charge >= 0.3 is 0 Å². The summed E-state index contributed by atoms with van der Waals surface area (Å²) in [5.41, 5.74) is 0.362. The molecule has 0 bridgehead atoms. The van der Waals surface area contributed by atoms with E-state index in [1.54, 1.807) is 37.8 Å². The molecule has 1 fully saturated rings. The zero-order valence-electron chi connectivity index (χ0n) is 16.3. The number of amides is 1. The van der Waals surface area contributed by atoms with E-state index in [0.717, 1.165) is 38.6 Å². The predicted octanol–water partition coefficient (Wildman–Crippen LogP) is 2.66. The van der Waals surface area contributed by atoms with Gasteiger partial charge in [-0.2, -0.15) is 4.31 Å². The van der Waals surface area contributed by atoms with E-state index in [-0.39, 0.29) is 16.8 Å². The first kappa shape index (κ1) is 20.5. The van der Waals surface area contributed by atoms with Crippen LogP contribution < -0.4 is 5.32 Å². The van der Waals surface area contributed by atoms with Gasteiger partial charge in [-0.3, -0.25) is 4.79 Å². The molecule has 1 saturated carbocycles. The van der Waals surface area contributed by atoms with Crippen molar-refractivity contribution in [3.05, 3.63) is 48.5 Å². The minimum Gasteiger partial charge on any atom is -0.352 e. The zero-order valence-corrected chi connectivity index (χ0v) is 17.1. The SMILES string of the molecule is CN(C1CCCCC1)S(=O)(=O)c1cccc(C(=O)NCCCn2ccnc2)c1. The van der Waals surface area contributed by atoms with Gasteiger partial charge in [-0.25, -0.2) is 13.4 Å². The first-order chi connectivity index (χ1) is 13.5. The maximum atomic E-state index is 13.0. The lowest BCUT2D eigenvalue weighted by Gasteiger charge is -2.30. The monoisotopic (exact) mass is 404 g/mol. The van der Waals surface area contributed by atoms with Crippen molar-refractivity contribution in [1.82, 2.24) is 19.2 Å². The number of nitrogens with one attached hydrogen (secondary N) is 1. The normalized spacial score (nSPS) is 15.6. The Bertz CT molecular complexity index is 875. The number of benzene rings is 1. The highest BCUT2D eigenvalue weighted by atomic mass is 32.2. The lowest BCUT2D eigenvalue weighted by molar-refractivity contribution is 0.0952. The van der Waals surface area contributed by atoms with E-state index < -0.39 is 10.0 Å². The number of carbonyl (C=O) groups excluding carboxylic acids is 1. The Morgan fingerprint density at radius 1 is 1.29 bits per heavy atom. The standard InChI is InChI=1S/C20H28N4O3S/c1-23(18-8-3-2-4-9-18)28(26,27)19-10-5-7-17(15-19)20(25)22-11-6-13-24-14-12-21-16-24/h5,7,10,12,14-16,18H,2-4,6,8-9,11,13H2,1H3,(H,22,25). The summed E-state index contributed by atoms with van der Waals surface area (Å²) >= 11 is 0. The van der Waals surface area contributed by atoms with Crippen molar-refractivity contribution < 1.29 is 13.2 Å². The highest BCUT2D eigenvalue weighted by Gasteiger charge is 2.29. The van der Waals surface area contributed by atoms with E-state index in [1.165, 1.54) is 16.8 Å². The van der Waals surface area contributed by atoms with Gasteiger partial charge in [0, 0.05) is 44.1 Å². The van der Waals surface area contributed by atoms with E-state index in [1.807, 2.05) is 10.8 Å². The molecule has 7 nitrogen and oxygen atoms in total. The molecule has 1 amide bonds. The summed E-state index contributed by atoms with van der Waals surface area (Å²) in [5, 5.41) is 2.85. The van der Waals surface area contributed by atoms with Gasteiger partial charge in [0.25, 0.3) is 5.91 Å². The van der Waals surface area contributed by atoms with Crippen LogP contribution in [-0.2, 0) is 16.6 Å². The summed E-state index contributed by atoms with van der Waals surface area (Å²) < 4.78 is 29.4. The Labute approximate surface area is 166 Å². The molecule has 28 heavy (non-hydrogen) atoms. The van der Waals surface area contributed by atoms with Crippen molar-refractivity contribution >= 4 is 15.9 Å². The summed E-state index contributed by atoms with van der Waals surface area (Å²) in [6.45, 7) is 1.27. The Morgan fingerprint density at radius 3 is 2.79 bits per heavy atom. The molecular weight excluding hydrogens is 376 g/mol. The number of nitrogens with zero attached hydrogens (tertiary/aromatic N) is 3. The Hall–Kier alpha value is -2.19. The van der Waals surface area contributed by atoms with Gasteiger partial charge in [0.15, 0.2) is 0 Å². The average molecular weight is 405 g/mol. The molecule has 2 aromatic rings. The largest absolute Gasteiger partial charge is 0.352 e. The summed E-state index contributed by atoms with van der Waals surface area (Å²) in [5.74, 6) is -0.261. The van der Waals surface area contributed by atoms with Crippen molar-refractivity contribution in [2.45, 2.75) is 56.0 Å². The topological polar surface area (TPSA) is 84.3 Å². The van der Waals surface area contributed by atoms with E-state index >= 15 is 0 Å². The molecule has 0 atom stereocenters. The molecule has 152 valence electrons. The van der Waals surface area contributed by atoms with Gasteiger partial charge in [0.05, 0.1) is 11.2 Å². The minimum atomic E-state index is -3.61. The van der Waals surface area contributed by atoms with Crippen LogP contribution in [0.2, 0.25) is 0 Å². The van der Waals surface area contributed by atoms with Gasteiger partial charge < -0.3 is 9.88 Å². The average Bonchev–Trinajstić information content (AvgIpc) is 3.24. The Kier molecular flexibility index (Phi) is 6.85. The summed E-state index contributed by atoms with van der Waals surface area (Å²) in [6, 6.07) is 6.34. The molecular formula is C20H28N4O3S. The van der Waals surface area contributed by atoms with Gasteiger partial charge in [-0.1, -0.05) is 25.3 Å². The fraction of sp³-hybridized carbons (Fsp3) is 0.500. The number of imidazole rings is 1. The fourth-order valence-electron chi connectivity index (χ4n) is 3.59. The molecule has 1 aromatic heterocycles. The molecule has 8 heteroatoms. The van der Waals surface area contributed by atoms with Gasteiger partial charge in [0.1, 0.15) is 0 Å². The van der Waals surface area contributed by atoms with E-state index in [0.29, 0.717) is 12.1 Å². The third-order valence-corrected chi connectivity index (χ3v) is 7.21. The molecule has 0 spiro atoms. The highest BCUT2D eigenvalue weighted by molar-refractivity contribution is 7.89. The van der Waals surface area contributed by atoms with Crippen LogP contribution in [0.1, 0.15) is 48.9 Å². The second kappa shape index (κ2) is 9.34. The van der Waals surface area contributed by atoms with E-state index in [2.05, 4.69) is 10.3 Å². The summed E-state index contributed by atoms with van der Waals surface area (Å²) in [4.78, 5) is 16.6. The third-order valence-electron chi connectivity index (χ3n) is 5.30. The molecule has 1 aliphatic rings. The number of aromatic nitrogens is 2. The predicted molar refractivity (Wildman–Crippen MR) is 107 cm³/mol. The van der Waals surface area contributed by atoms with Crippen molar-refractivity contribution in [3.63, 3.8) is 0 Å². The maximum absolute atomic E-state index is 13.0. The number of aryl methyl sites for hydroxylation is 1. The molecule has 1 N–H and O–H groups in total. The molecule has 0 radical (unpaired) electrons. The number of hydrogen-bond acceptors (Lipinski definition) is 4. The van der Waals surface area contributed by atoms with Gasteiger partial charge in [-0.15, -0.1) is 0 Å². The second-order valence-corrected chi connectivity index (χ2v) is 9.25. The van der Waals surface area contributed by atoms with Gasteiger partial charge in [0.2, 0.25) is 10.0 Å². The lowest BCUT2D eigenvalue weighted by atomic mass is 9.96. The summed E-state index contributed by atoms with van der Waals surface area (Å²) in [6.07, 6.45) is 11.2. The molecule has 1 aliphatic carbocycles. The Morgan fingerprint density at radius 2 is 2.07 bits per heavy atom. The molecule has 0 aliphatic heterocycles. The number of hydrogen-bond donors (Lipinski definition) is 1. The van der Waals surface area contributed by atoms with Crippen LogP contribution in [-0.4, -0.2) is 47.8 Å². The van der Waals surface area contributed by atoms with E-state index in [4.69, 9.17) is 0 Å². The van der Waals surface area contributed by atoms with Crippen LogP contribution >= 0.6 is 0 Å². The molecule has 1 heterocycles. The minimum absolute atomic E-state index is 0.0411. The fourth-order valence-corrected chi connectivity index (χ4v) is 5.05. The smallest absolute Gasteiger partial charge is 0.251 e. The van der Waals surface area contributed by atoms with Gasteiger partial charge in [-0.05, 0) is 37.5 Å². The molecule has 0 saturated heterocycles. The van der Waals surface area contributed by atoms with Crippen molar-refractivity contribution in [2.75, 3.05) is 13.6 Å². The van der Waals surface area contributed by atoms with Crippen LogP contribution in [0.15, 0.2) is 47.9 Å². The maximum Gasteiger partial charge on any atom is 0.251 e. The number of rotatable bonds is 8. The van der Waals surface area contributed by atoms with Crippen LogP contribution in [0.25, 0.3) is 0 Å². The van der Waals surface area contributed by atoms with Crippen LogP contribution in [0.4, 0.5) is 0 Å². The first-order valence-electron chi connectivity index (χ1n) is 9.80. The van der Waals surface area contributed by atoms with E-state index in [9.17, 15) is 13.2 Å². The van der Waals surface area contributed by atoms with Crippen molar-refractivity contribution in [1.29, 1.82) is 0 Å². The summed E-state index contributed by atoms with van der Waals surface area (Å²) in [7, 11) is -1.96. The van der Waals surface area contributed by atoms with Crippen molar-refractivity contribution in [3.8, 4) is 0 Å². The third kappa shape index (κ3) is 4.99. The van der Waals surface area contributed by atoms with Crippen LogP contribution in [0, 0.1) is 0 Å². The number of sulfonamides is 1. The lowest BCUT2D eigenvalue weighted by Crippen LogP contribution is -2.38. The Balaban J connectivity index is 1.61. The quantitative estimate of drug-likeness (QED) is 0.686.